The largest absolute Gasteiger partial charge is 0.487 e. The lowest BCUT2D eigenvalue weighted by atomic mass is 10.2. The van der Waals surface area contributed by atoms with Gasteiger partial charge in [-0.2, -0.15) is 4.31 Å². The predicted octanol–water partition coefficient (Wildman–Crippen LogP) is 2.38. The third-order valence-corrected chi connectivity index (χ3v) is 6.33. The Morgan fingerprint density at radius 3 is 2.50 bits per heavy atom. The normalized spacial score (nSPS) is 15.3. The summed E-state index contributed by atoms with van der Waals surface area (Å²) in [5.74, 6) is 0.210. The van der Waals surface area contributed by atoms with E-state index in [0.717, 1.165) is 5.56 Å². The molecular formula is C19H19FN4O3S. The maximum absolute atomic E-state index is 12.9. The number of benzene rings is 2. The molecule has 0 saturated carbocycles. The monoisotopic (exact) mass is 402 g/mol. The molecule has 4 rings (SSSR count). The van der Waals surface area contributed by atoms with E-state index in [4.69, 9.17) is 4.74 Å². The minimum absolute atomic E-state index is 0.00528. The molecule has 1 aliphatic heterocycles. The first-order chi connectivity index (χ1) is 13.5. The Morgan fingerprint density at radius 1 is 1.07 bits per heavy atom. The summed E-state index contributed by atoms with van der Waals surface area (Å²) in [5.41, 5.74) is 1.39. The van der Waals surface area contributed by atoms with Gasteiger partial charge in [0, 0.05) is 13.1 Å². The molecule has 1 aliphatic rings. The first kappa shape index (κ1) is 18.6. The van der Waals surface area contributed by atoms with Crippen LogP contribution in [0.2, 0.25) is 0 Å². The van der Waals surface area contributed by atoms with E-state index < -0.39 is 10.0 Å². The minimum Gasteiger partial charge on any atom is -0.487 e. The molecule has 1 saturated heterocycles. The maximum atomic E-state index is 12.9. The Hall–Kier alpha value is -2.78. The van der Waals surface area contributed by atoms with Gasteiger partial charge in [-0.1, -0.05) is 35.5 Å². The fraction of sp³-hybridized carbons (Fsp3) is 0.263. The van der Waals surface area contributed by atoms with E-state index in [1.807, 2.05) is 18.2 Å². The first-order valence-corrected chi connectivity index (χ1v) is 10.4. The van der Waals surface area contributed by atoms with Crippen LogP contribution in [0, 0.1) is 5.82 Å². The zero-order chi connectivity index (χ0) is 19.6. The summed E-state index contributed by atoms with van der Waals surface area (Å²) < 4.78 is 46.5. The number of rotatable bonds is 7. The van der Waals surface area contributed by atoms with Crippen LogP contribution in [0.1, 0.15) is 17.3 Å². The molecule has 2 aromatic carbocycles. The molecule has 0 bridgehead atoms. The predicted molar refractivity (Wildman–Crippen MR) is 100 cm³/mol. The standard InChI is InChI=1S/C19H19FN4O3S/c20-16-6-8-19(9-7-16)27-13-17-10-24(22-21-17)18-11-23(12-18)28(25,26)14-15-4-2-1-3-5-15/h1-10,18H,11-14H2. The number of hydrogen-bond acceptors (Lipinski definition) is 5. The van der Waals surface area contributed by atoms with Crippen molar-refractivity contribution < 1.29 is 17.5 Å². The van der Waals surface area contributed by atoms with Gasteiger partial charge in [0.1, 0.15) is 23.9 Å². The van der Waals surface area contributed by atoms with Crippen molar-refractivity contribution >= 4 is 10.0 Å². The van der Waals surface area contributed by atoms with Gasteiger partial charge >= 0.3 is 0 Å². The van der Waals surface area contributed by atoms with Gasteiger partial charge in [-0.3, -0.25) is 0 Å². The Labute approximate surface area is 162 Å². The van der Waals surface area contributed by atoms with Crippen LogP contribution in [-0.4, -0.2) is 40.8 Å². The maximum Gasteiger partial charge on any atom is 0.218 e. The van der Waals surface area contributed by atoms with Gasteiger partial charge in [0.15, 0.2) is 0 Å². The number of aromatic nitrogens is 3. The van der Waals surface area contributed by atoms with Crippen molar-refractivity contribution in [1.29, 1.82) is 0 Å². The van der Waals surface area contributed by atoms with Crippen LogP contribution in [0.4, 0.5) is 4.39 Å². The lowest BCUT2D eigenvalue weighted by Crippen LogP contribution is -2.51. The summed E-state index contributed by atoms with van der Waals surface area (Å²) in [7, 11) is -3.34. The highest BCUT2D eigenvalue weighted by atomic mass is 32.2. The first-order valence-electron chi connectivity index (χ1n) is 8.80. The van der Waals surface area contributed by atoms with E-state index in [1.165, 1.54) is 16.4 Å². The fourth-order valence-electron chi connectivity index (χ4n) is 2.93. The molecule has 0 radical (unpaired) electrons. The Bertz CT molecular complexity index is 1030. The molecule has 7 nitrogen and oxygen atoms in total. The Balaban J connectivity index is 1.30. The van der Waals surface area contributed by atoms with E-state index in [2.05, 4.69) is 10.3 Å². The minimum atomic E-state index is -3.34. The third kappa shape index (κ3) is 4.20. The zero-order valence-electron chi connectivity index (χ0n) is 15.0. The molecule has 1 aromatic heterocycles. The van der Waals surface area contributed by atoms with Crippen LogP contribution in [0.15, 0.2) is 60.8 Å². The van der Waals surface area contributed by atoms with E-state index in [0.29, 0.717) is 24.5 Å². The molecule has 28 heavy (non-hydrogen) atoms. The second-order valence-corrected chi connectivity index (χ2v) is 8.61. The van der Waals surface area contributed by atoms with Crippen LogP contribution >= 0.6 is 0 Å². The Kier molecular flexibility index (Phi) is 5.10. The number of ether oxygens (including phenoxy) is 1. The lowest BCUT2D eigenvalue weighted by molar-refractivity contribution is 0.188. The Morgan fingerprint density at radius 2 is 1.79 bits per heavy atom. The van der Waals surface area contributed by atoms with Crippen LogP contribution in [0.25, 0.3) is 0 Å². The number of sulfonamides is 1. The molecule has 0 amide bonds. The van der Waals surface area contributed by atoms with Crippen LogP contribution in [0.5, 0.6) is 5.75 Å². The van der Waals surface area contributed by atoms with Gasteiger partial charge in [0.05, 0.1) is 18.0 Å². The second-order valence-electron chi connectivity index (χ2n) is 6.65. The molecule has 0 spiro atoms. The van der Waals surface area contributed by atoms with Crippen molar-refractivity contribution in [3.8, 4) is 5.75 Å². The van der Waals surface area contributed by atoms with Gasteiger partial charge < -0.3 is 4.74 Å². The van der Waals surface area contributed by atoms with E-state index in [-0.39, 0.29) is 24.2 Å². The average Bonchev–Trinajstić information content (AvgIpc) is 3.08. The third-order valence-electron chi connectivity index (χ3n) is 4.55. The quantitative estimate of drug-likeness (QED) is 0.606. The molecule has 0 N–H and O–H groups in total. The SMILES string of the molecule is O=S(=O)(Cc1ccccc1)N1CC(n2cc(COc3ccc(F)cc3)nn2)C1. The summed E-state index contributed by atoms with van der Waals surface area (Å²) in [4.78, 5) is 0. The smallest absolute Gasteiger partial charge is 0.218 e. The summed E-state index contributed by atoms with van der Waals surface area (Å²) in [6.45, 7) is 0.946. The highest BCUT2D eigenvalue weighted by molar-refractivity contribution is 7.88. The molecule has 0 aliphatic carbocycles. The summed E-state index contributed by atoms with van der Waals surface area (Å²) >= 11 is 0. The molecule has 1 fully saturated rings. The van der Waals surface area contributed by atoms with E-state index in [9.17, 15) is 12.8 Å². The highest BCUT2D eigenvalue weighted by Crippen LogP contribution is 2.25. The highest BCUT2D eigenvalue weighted by Gasteiger charge is 2.37. The van der Waals surface area contributed by atoms with Gasteiger partial charge in [0.2, 0.25) is 10.0 Å². The summed E-state index contributed by atoms with van der Waals surface area (Å²) in [6, 6.07) is 14.8. The van der Waals surface area contributed by atoms with Crippen molar-refractivity contribution in [3.05, 3.63) is 77.9 Å². The van der Waals surface area contributed by atoms with Gasteiger partial charge in [-0.25, -0.2) is 17.5 Å². The molecular weight excluding hydrogens is 383 g/mol. The number of halogens is 1. The molecule has 0 atom stereocenters. The van der Waals surface area contributed by atoms with Gasteiger partial charge in [-0.05, 0) is 29.8 Å². The molecule has 3 aromatic rings. The van der Waals surface area contributed by atoms with Crippen LogP contribution in [-0.2, 0) is 22.4 Å². The number of hydrogen-bond donors (Lipinski definition) is 0. The topological polar surface area (TPSA) is 77.3 Å². The zero-order valence-corrected chi connectivity index (χ0v) is 15.8. The van der Waals surface area contributed by atoms with Gasteiger partial charge in [0.25, 0.3) is 0 Å². The molecule has 2 heterocycles. The molecule has 0 unspecified atom stereocenters. The average molecular weight is 402 g/mol. The molecule has 146 valence electrons. The van der Waals surface area contributed by atoms with Crippen LogP contribution in [0.3, 0.4) is 0 Å². The van der Waals surface area contributed by atoms with Crippen LogP contribution < -0.4 is 4.74 Å². The number of nitrogens with zero attached hydrogens (tertiary/aromatic N) is 4. The summed E-state index contributed by atoms with van der Waals surface area (Å²) in [5, 5.41) is 8.12. The fourth-order valence-corrected chi connectivity index (χ4v) is 4.53. The van der Waals surface area contributed by atoms with Crippen molar-refractivity contribution in [1.82, 2.24) is 19.3 Å². The molecule has 9 heteroatoms. The lowest BCUT2D eigenvalue weighted by Gasteiger charge is -2.37. The van der Waals surface area contributed by atoms with Crippen molar-refractivity contribution in [3.63, 3.8) is 0 Å². The summed E-state index contributed by atoms with van der Waals surface area (Å²) in [6.07, 6.45) is 1.75. The van der Waals surface area contributed by atoms with E-state index >= 15 is 0 Å². The van der Waals surface area contributed by atoms with Crippen molar-refractivity contribution in [2.24, 2.45) is 0 Å². The second kappa shape index (κ2) is 7.69. The van der Waals surface area contributed by atoms with Crippen molar-refractivity contribution in [2.75, 3.05) is 13.1 Å². The van der Waals surface area contributed by atoms with Gasteiger partial charge in [-0.15, -0.1) is 5.10 Å². The van der Waals surface area contributed by atoms with E-state index in [1.54, 1.807) is 35.1 Å². The van der Waals surface area contributed by atoms with Crippen molar-refractivity contribution in [2.45, 2.75) is 18.4 Å².